The standard InChI is InChI=1S/C29H40N4O5/c1-18(2)15-23(31-26(34)22(30)16-20-11-7-5-8-12-20)27(35)33-25(19(3)4)28(36)32-24(29(37)38)17-21-13-9-6-10-14-21/h5-14,18-19,22-25H,15-17,30H2,1-4H3,(H,31,34)(H,32,36)(H,33,35)(H,37,38)/t22?,23-,24-,25?/m0/s1. The quantitative estimate of drug-likeness (QED) is 0.255. The number of rotatable bonds is 14. The first-order valence-corrected chi connectivity index (χ1v) is 12.9. The maximum Gasteiger partial charge on any atom is 0.326 e. The average Bonchev–Trinajstić information content (AvgIpc) is 2.86. The summed E-state index contributed by atoms with van der Waals surface area (Å²) in [6.45, 7) is 7.35. The van der Waals surface area contributed by atoms with Crippen LogP contribution in [0.3, 0.4) is 0 Å². The molecule has 4 atom stereocenters. The van der Waals surface area contributed by atoms with Gasteiger partial charge in [0.1, 0.15) is 18.1 Å². The number of carboxylic acids is 1. The van der Waals surface area contributed by atoms with Crippen LogP contribution in [-0.4, -0.2) is 53.0 Å². The molecule has 38 heavy (non-hydrogen) atoms. The van der Waals surface area contributed by atoms with Crippen molar-refractivity contribution in [2.75, 3.05) is 0 Å². The summed E-state index contributed by atoms with van der Waals surface area (Å²) in [4.78, 5) is 51.0. The molecule has 9 heteroatoms. The van der Waals surface area contributed by atoms with E-state index in [9.17, 15) is 24.3 Å². The van der Waals surface area contributed by atoms with Gasteiger partial charge in [-0.1, -0.05) is 88.4 Å². The molecule has 6 N–H and O–H groups in total. The number of carboxylic acid groups (broad SMARTS) is 1. The van der Waals surface area contributed by atoms with Crippen LogP contribution in [0, 0.1) is 11.8 Å². The lowest BCUT2D eigenvalue weighted by atomic mass is 9.98. The Bertz CT molecular complexity index is 1060. The Labute approximate surface area is 224 Å². The fourth-order valence-electron chi connectivity index (χ4n) is 4.04. The minimum atomic E-state index is -1.17. The zero-order chi connectivity index (χ0) is 28.2. The maximum atomic E-state index is 13.3. The Balaban J connectivity index is 2.09. The minimum Gasteiger partial charge on any atom is -0.480 e. The molecule has 0 radical (unpaired) electrons. The van der Waals surface area contributed by atoms with Gasteiger partial charge in [-0.25, -0.2) is 4.79 Å². The van der Waals surface area contributed by atoms with Gasteiger partial charge in [0.2, 0.25) is 17.7 Å². The summed E-state index contributed by atoms with van der Waals surface area (Å²) < 4.78 is 0. The molecule has 0 fully saturated rings. The first-order chi connectivity index (χ1) is 18.0. The lowest BCUT2D eigenvalue weighted by molar-refractivity contribution is -0.142. The molecular formula is C29H40N4O5. The fraction of sp³-hybridized carbons (Fsp3) is 0.448. The second-order valence-corrected chi connectivity index (χ2v) is 10.3. The predicted octanol–water partition coefficient (Wildman–Crippen LogP) is 2.04. The Morgan fingerprint density at radius 2 is 1.21 bits per heavy atom. The number of carbonyl (C=O) groups is 4. The second-order valence-electron chi connectivity index (χ2n) is 10.3. The lowest BCUT2D eigenvalue weighted by Crippen LogP contribution is -2.59. The number of hydrogen-bond acceptors (Lipinski definition) is 5. The van der Waals surface area contributed by atoms with Crippen LogP contribution < -0.4 is 21.7 Å². The average molecular weight is 525 g/mol. The van der Waals surface area contributed by atoms with E-state index in [-0.39, 0.29) is 18.3 Å². The van der Waals surface area contributed by atoms with E-state index in [1.807, 2.05) is 50.2 Å². The van der Waals surface area contributed by atoms with Crippen molar-refractivity contribution in [2.45, 2.75) is 71.1 Å². The Morgan fingerprint density at radius 3 is 1.68 bits per heavy atom. The molecule has 2 rings (SSSR count). The van der Waals surface area contributed by atoms with Crippen molar-refractivity contribution in [3.8, 4) is 0 Å². The van der Waals surface area contributed by atoms with Crippen LogP contribution in [0.5, 0.6) is 0 Å². The van der Waals surface area contributed by atoms with Gasteiger partial charge < -0.3 is 26.8 Å². The second kappa shape index (κ2) is 14.9. The molecule has 9 nitrogen and oxygen atoms in total. The third-order valence-corrected chi connectivity index (χ3v) is 6.12. The van der Waals surface area contributed by atoms with Crippen molar-refractivity contribution in [3.05, 3.63) is 71.8 Å². The van der Waals surface area contributed by atoms with Crippen LogP contribution in [0.25, 0.3) is 0 Å². The molecule has 0 saturated carbocycles. The van der Waals surface area contributed by atoms with E-state index in [1.54, 1.807) is 38.1 Å². The van der Waals surface area contributed by atoms with E-state index in [1.165, 1.54) is 0 Å². The number of nitrogens with one attached hydrogen (secondary N) is 3. The van der Waals surface area contributed by atoms with E-state index < -0.39 is 47.9 Å². The molecule has 0 aliphatic carbocycles. The highest BCUT2D eigenvalue weighted by Gasteiger charge is 2.32. The van der Waals surface area contributed by atoms with E-state index in [2.05, 4.69) is 16.0 Å². The number of nitrogens with two attached hydrogens (primary N) is 1. The molecule has 0 saturated heterocycles. The summed E-state index contributed by atoms with van der Waals surface area (Å²) in [6, 6.07) is 14.4. The summed E-state index contributed by atoms with van der Waals surface area (Å²) in [5.41, 5.74) is 7.77. The molecule has 0 aromatic heterocycles. The monoisotopic (exact) mass is 524 g/mol. The normalized spacial score (nSPS) is 14.3. The predicted molar refractivity (Wildman–Crippen MR) is 146 cm³/mol. The van der Waals surface area contributed by atoms with E-state index in [4.69, 9.17) is 5.73 Å². The van der Waals surface area contributed by atoms with Gasteiger partial charge in [0.15, 0.2) is 0 Å². The summed E-state index contributed by atoms with van der Waals surface area (Å²) in [5.74, 6) is -3.02. The minimum absolute atomic E-state index is 0.0741. The van der Waals surface area contributed by atoms with Gasteiger partial charge in [-0.2, -0.15) is 0 Å². The fourth-order valence-corrected chi connectivity index (χ4v) is 4.04. The molecule has 206 valence electrons. The van der Waals surface area contributed by atoms with E-state index in [0.29, 0.717) is 12.8 Å². The number of benzene rings is 2. The molecule has 0 bridgehead atoms. The zero-order valence-electron chi connectivity index (χ0n) is 22.5. The van der Waals surface area contributed by atoms with Crippen LogP contribution in [-0.2, 0) is 32.0 Å². The van der Waals surface area contributed by atoms with Crippen molar-refractivity contribution in [1.29, 1.82) is 0 Å². The molecule has 0 spiro atoms. The zero-order valence-corrected chi connectivity index (χ0v) is 22.5. The Kier molecular flexibility index (Phi) is 11.9. The highest BCUT2D eigenvalue weighted by molar-refractivity contribution is 5.94. The highest BCUT2D eigenvalue weighted by Crippen LogP contribution is 2.10. The van der Waals surface area contributed by atoms with Gasteiger partial charge in [0, 0.05) is 6.42 Å². The van der Waals surface area contributed by atoms with Crippen molar-refractivity contribution in [3.63, 3.8) is 0 Å². The van der Waals surface area contributed by atoms with Crippen molar-refractivity contribution >= 4 is 23.7 Å². The molecule has 0 aliphatic rings. The van der Waals surface area contributed by atoms with Gasteiger partial charge >= 0.3 is 5.97 Å². The third-order valence-electron chi connectivity index (χ3n) is 6.12. The number of aliphatic carboxylic acids is 1. The highest BCUT2D eigenvalue weighted by atomic mass is 16.4. The maximum absolute atomic E-state index is 13.3. The van der Waals surface area contributed by atoms with Crippen LogP contribution >= 0.6 is 0 Å². The summed E-state index contributed by atoms with van der Waals surface area (Å²) in [5, 5.41) is 17.7. The van der Waals surface area contributed by atoms with Crippen LogP contribution in [0.4, 0.5) is 0 Å². The number of amides is 3. The van der Waals surface area contributed by atoms with Crippen LogP contribution in [0.1, 0.15) is 45.2 Å². The topological polar surface area (TPSA) is 151 Å². The van der Waals surface area contributed by atoms with Crippen molar-refractivity contribution in [1.82, 2.24) is 16.0 Å². The molecule has 0 heterocycles. The third kappa shape index (κ3) is 9.97. The van der Waals surface area contributed by atoms with Gasteiger partial charge in [-0.05, 0) is 35.8 Å². The van der Waals surface area contributed by atoms with Gasteiger partial charge in [0.25, 0.3) is 0 Å². The summed E-state index contributed by atoms with van der Waals surface area (Å²) in [6.07, 6.45) is 0.761. The molecule has 0 aliphatic heterocycles. The number of hydrogen-bond donors (Lipinski definition) is 5. The molecule has 2 unspecified atom stereocenters. The van der Waals surface area contributed by atoms with E-state index >= 15 is 0 Å². The SMILES string of the molecule is CC(C)C[C@H](NC(=O)C(N)Cc1ccccc1)C(=O)NC(C(=O)N[C@@H](Cc1ccccc1)C(=O)O)C(C)C. The molecule has 2 aromatic rings. The lowest BCUT2D eigenvalue weighted by Gasteiger charge is -2.27. The first kappa shape index (κ1) is 30.5. The Hall–Kier alpha value is -3.72. The van der Waals surface area contributed by atoms with Crippen LogP contribution in [0.15, 0.2) is 60.7 Å². The summed E-state index contributed by atoms with van der Waals surface area (Å²) >= 11 is 0. The molecule has 2 aromatic carbocycles. The van der Waals surface area contributed by atoms with Gasteiger partial charge in [0.05, 0.1) is 6.04 Å². The van der Waals surface area contributed by atoms with Gasteiger partial charge in [-0.15, -0.1) is 0 Å². The molecule has 3 amide bonds. The number of carbonyl (C=O) groups excluding carboxylic acids is 3. The van der Waals surface area contributed by atoms with E-state index in [0.717, 1.165) is 11.1 Å². The molecular weight excluding hydrogens is 484 g/mol. The van der Waals surface area contributed by atoms with Gasteiger partial charge in [-0.3, -0.25) is 14.4 Å². The van der Waals surface area contributed by atoms with Crippen molar-refractivity contribution < 1.29 is 24.3 Å². The van der Waals surface area contributed by atoms with Crippen LogP contribution in [0.2, 0.25) is 0 Å². The van der Waals surface area contributed by atoms with Crippen molar-refractivity contribution in [2.24, 2.45) is 17.6 Å². The first-order valence-electron chi connectivity index (χ1n) is 12.9. The smallest absolute Gasteiger partial charge is 0.326 e. The Morgan fingerprint density at radius 1 is 0.711 bits per heavy atom. The summed E-state index contributed by atoms with van der Waals surface area (Å²) in [7, 11) is 0. The largest absolute Gasteiger partial charge is 0.480 e.